The Bertz CT molecular complexity index is 1100. The minimum Gasteiger partial charge on any atom is -0.486 e. The number of benzene rings is 1. The van der Waals surface area contributed by atoms with Gasteiger partial charge in [0.2, 0.25) is 0 Å². The second-order valence-corrected chi connectivity index (χ2v) is 7.38. The van der Waals surface area contributed by atoms with Crippen LogP contribution in [0.3, 0.4) is 0 Å². The van der Waals surface area contributed by atoms with Crippen LogP contribution >= 0.6 is 0 Å². The van der Waals surface area contributed by atoms with E-state index in [1.807, 2.05) is 13.8 Å². The second-order valence-electron chi connectivity index (χ2n) is 5.58. The first-order valence-electron chi connectivity index (χ1n) is 8.96. The summed E-state index contributed by atoms with van der Waals surface area (Å²) in [7, 11) is -3.95. The second kappa shape index (κ2) is 8.74. The summed E-state index contributed by atoms with van der Waals surface area (Å²) in [5.41, 5.74) is 0.437. The number of anilines is 1. The van der Waals surface area contributed by atoms with Crippen LogP contribution in [0, 0.1) is 0 Å². The molecular weight excluding hydrogens is 396 g/mol. The highest BCUT2D eigenvalue weighted by atomic mass is 32.2. The van der Waals surface area contributed by atoms with E-state index in [0.29, 0.717) is 24.7 Å². The number of aromatic nitrogens is 3. The lowest BCUT2D eigenvalue weighted by Gasteiger charge is -2.18. The molecule has 1 aliphatic heterocycles. The summed E-state index contributed by atoms with van der Waals surface area (Å²) in [5.74, 6) is 0.383. The number of hydrogen-bond donors (Lipinski definition) is 1. The minimum atomic E-state index is -3.95. The molecule has 1 amide bonds. The van der Waals surface area contributed by atoms with Gasteiger partial charge in [-0.1, -0.05) is 19.9 Å². The Morgan fingerprint density at radius 1 is 1.14 bits per heavy atom. The van der Waals surface area contributed by atoms with Crippen molar-refractivity contribution in [2.24, 2.45) is 0 Å². The fourth-order valence-corrected chi connectivity index (χ4v) is 3.62. The van der Waals surface area contributed by atoms with Crippen LogP contribution in [0.15, 0.2) is 59.9 Å². The van der Waals surface area contributed by atoms with Crippen molar-refractivity contribution < 1.29 is 24.1 Å². The van der Waals surface area contributed by atoms with Crippen molar-refractivity contribution in [3.8, 4) is 11.5 Å². The molecule has 1 N–H and O–H groups in total. The van der Waals surface area contributed by atoms with Gasteiger partial charge in [0.1, 0.15) is 18.9 Å². The third-order valence-corrected chi connectivity index (χ3v) is 5.32. The highest BCUT2D eigenvalue weighted by Crippen LogP contribution is 2.32. The minimum absolute atomic E-state index is 0. The molecule has 0 radical (unpaired) electrons. The number of fused-ring (bicyclic) bond motifs is 1. The van der Waals surface area contributed by atoms with Gasteiger partial charge in [-0.15, -0.1) is 0 Å². The van der Waals surface area contributed by atoms with Crippen LogP contribution in [0.1, 0.15) is 25.8 Å². The Labute approximate surface area is 169 Å². The van der Waals surface area contributed by atoms with Crippen molar-refractivity contribution in [1.82, 2.24) is 14.2 Å². The Morgan fingerprint density at radius 2 is 1.90 bits per heavy atom. The lowest BCUT2D eigenvalue weighted by molar-refractivity contribution is 0.102. The highest BCUT2D eigenvalue weighted by molar-refractivity contribution is 7.89. The molecule has 1 aromatic carbocycles. The third kappa shape index (κ3) is 4.37. The average Bonchev–Trinajstić information content (AvgIpc) is 3.25. The number of nitrogens with one attached hydrogen (secondary N) is 1. The maximum absolute atomic E-state index is 12.8. The molecule has 154 valence electrons. The molecule has 0 fully saturated rings. The van der Waals surface area contributed by atoms with Gasteiger partial charge in [-0.25, -0.2) is 0 Å². The molecule has 2 aromatic heterocycles. The zero-order chi connectivity index (χ0) is 20.9. The number of ether oxygens (including phenoxy) is 2. The molecule has 3 aromatic rings. The van der Waals surface area contributed by atoms with Crippen molar-refractivity contribution in [2.45, 2.75) is 18.7 Å². The average molecular weight is 418 g/mol. The predicted molar refractivity (Wildman–Crippen MR) is 108 cm³/mol. The molecule has 0 spiro atoms. The molecule has 0 saturated carbocycles. The summed E-state index contributed by atoms with van der Waals surface area (Å²) in [4.78, 5) is 16.0. The number of pyridine rings is 1. The first kappa shape index (κ1) is 20.3. The Morgan fingerprint density at radius 3 is 2.62 bits per heavy atom. The number of carbonyl (C=O) groups excluding carboxylic acids is 1. The third-order valence-electron chi connectivity index (χ3n) is 3.77. The predicted octanol–water partition coefficient (Wildman–Crippen LogP) is 2.81. The van der Waals surface area contributed by atoms with Gasteiger partial charge < -0.3 is 14.8 Å². The summed E-state index contributed by atoms with van der Waals surface area (Å²) in [6.45, 7) is 4.76. The highest BCUT2D eigenvalue weighted by Gasteiger charge is 2.22. The number of rotatable bonds is 4. The van der Waals surface area contributed by atoms with Gasteiger partial charge in [0.25, 0.3) is 15.9 Å². The topological polar surface area (TPSA) is 112 Å². The van der Waals surface area contributed by atoms with Gasteiger partial charge in [-0.2, -0.15) is 17.6 Å². The largest absolute Gasteiger partial charge is 0.486 e. The summed E-state index contributed by atoms with van der Waals surface area (Å²) in [6.07, 6.45) is 3.95. The van der Waals surface area contributed by atoms with Gasteiger partial charge >= 0.3 is 0 Å². The number of amides is 1. The van der Waals surface area contributed by atoms with E-state index in [1.54, 1.807) is 18.2 Å². The monoisotopic (exact) mass is 418 g/mol. The molecule has 0 atom stereocenters. The first-order valence-corrected chi connectivity index (χ1v) is 10.4. The molecule has 0 saturated heterocycles. The van der Waals surface area contributed by atoms with Crippen LogP contribution in [0.4, 0.5) is 5.69 Å². The normalized spacial score (nSPS) is 12.5. The van der Waals surface area contributed by atoms with Gasteiger partial charge in [-0.05, 0) is 24.3 Å². The Kier molecular flexibility index (Phi) is 6.13. The quantitative estimate of drug-likeness (QED) is 0.693. The molecule has 4 rings (SSSR count). The molecule has 10 heteroatoms. The molecule has 29 heavy (non-hydrogen) atoms. The van der Waals surface area contributed by atoms with Crippen LogP contribution in [0.25, 0.3) is 0 Å². The lowest BCUT2D eigenvalue weighted by atomic mass is 10.3. The fourth-order valence-electron chi connectivity index (χ4n) is 2.49. The summed E-state index contributed by atoms with van der Waals surface area (Å²) in [6, 6.07) is 9.25. The van der Waals surface area contributed by atoms with Crippen molar-refractivity contribution in [1.29, 1.82) is 0 Å². The Balaban J connectivity index is 0.00000104. The zero-order valence-corrected chi connectivity index (χ0v) is 16.7. The van der Waals surface area contributed by atoms with E-state index in [0.717, 1.165) is 4.09 Å². The van der Waals surface area contributed by atoms with E-state index < -0.39 is 15.9 Å². The van der Waals surface area contributed by atoms with E-state index >= 15 is 0 Å². The van der Waals surface area contributed by atoms with E-state index in [1.165, 1.54) is 36.8 Å². The van der Waals surface area contributed by atoms with Crippen molar-refractivity contribution in [2.75, 3.05) is 18.5 Å². The molecular formula is C19H22N4O5S. The van der Waals surface area contributed by atoms with Gasteiger partial charge in [0.05, 0.1) is 23.0 Å². The van der Waals surface area contributed by atoms with E-state index in [4.69, 9.17) is 9.47 Å². The lowest BCUT2D eigenvalue weighted by Crippen LogP contribution is -2.17. The van der Waals surface area contributed by atoms with Crippen LogP contribution < -0.4 is 14.8 Å². The van der Waals surface area contributed by atoms with E-state index in [2.05, 4.69) is 15.4 Å². The summed E-state index contributed by atoms with van der Waals surface area (Å²) >= 11 is 0. The van der Waals surface area contributed by atoms with Gasteiger partial charge in [0, 0.05) is 13.7 Å². The van der Waals surface area contributed by atoms with E-state index in [9.17, 15) is 13.2 Å². The molecule has 3 heterocycles. The number of nitrogens with zero attached hydrogens (tertiary/aromatic N) is 3. The summed E-state index contributed by atoms with van der Waals surface area (Å²) in [5, 5.41) is 6.40. The van der Waals surface area contributed by atoms with Gasteiger partial charge in [0.15, 0.2) is 11.5 Å². The first-order chi connectivity index (χ1) is 14.0. The van der Waals surface area contributed by atoms with E-state index in [-0.39, 0.29) is 17.7 Å². The van der Waals surface area contributed by atoms with Crippen molar-refractivity contribution in [3.63, 3.8) is 0 Å². The van der Waals surface area contributed by atoms with Crippen LogP contribution in [0.5, 0.6) is 11.5 Å². The molecule has 1 aliphatic rings. The molecule has 9 nitrogen and oxygen atoms in total. The maximum atomic E-state index is 12.8. The molecule has 0 unspecified atom stereocenters. The zero-order valence-electron chi connectivity index (χ0n) is 15.9. The molecule has 0 aliphatic carbocycles. The van der Waals surface area contributed by atoms with Crippen LogP contribution in [-0.2, 0) is 10.0 Å². The smallest absolute Gasteiger partial charge is 0.283 e. The fraction of sp³-hybridized carbons (Fsp3) is 0.211. The number of carbonyl (C=O) groups is 1. The van der Waals surface area contributed by atoms with Crippen LogP contribution in [-0.4, -0.2) is 41.7 Å². The van der Waals surface area contributed by atoms with Crippen molar-refractivity contribution >= 4 is 21.6 Å². The van der Waals surface area contributed by atoms with Gasteiger partial charge in [-0.3, -0.25) is 9.78 Å². The number of hydrogen-bond acceptors (Lipinski definition) is 7. The summed E-state index contributed by atoms with van der Waals surface area (Å²) < 4.78 is 37.1. The van der Waals surface area contributed by atoms with Crippen molar-refractivity contribution in [3.05, 3.63) is 60.7 Å². The van der Waals surface area contributed by atoms with Crippen LogP contribution in [0.2, 0.25) is 0 Å². The Hall–Kier alpha value is -3.40. The SMILES string of the molecule is CC.O=C(Nc1cnn(S(=O)(=O)c2ccc3c(c2)OCCO3)c1)c1ccccn1.[HH]. The standard InChI is InChI=1S/C17H14N4O5S.C2H6.H2/c22-17(14-3-1-2-6-18-14)20-12-10-19-21(11-12)27(23,24)13-4-5-15-16(9-13)26-8-7-25-15;1-2;/h1-6,9-11H,7-8H2,(H,20,22);1-2H3;1H. The molecule has 0 bridgehead atoms. The maximum Gasteiger partial charge on any atom is 0.283 e.